The normalized spacial score (nSPS) is 18.9. The van der Waals surface area contributed by atoms with Gasteiger partial charge in [0.1, 0.15) is 0 Å². The Kier molecular flexibility index (Phi) is 6.51. The van der Waals surface area contributed by atoms with Crippen LogP contribution in [-0.4, -0.2) is 40.8 Å². The third-order valence-electron chi connectivity index (χ3n) is 5.82. The Balaban J connectivity index is 1.68. The van der Waals surface area contributed by atoms with Gasteiger partial charge < -0.3 is 10.2 Å². The van der Waals surface area contributed by atoms with E-state index in [0.29, 0.717) is 18.4 Å². The summed E-state index contributed by atoms with van der Waals surface area (Å²) in [5.74, 6) is 0.902. The average Bonchev–Trinajstić information content (AvgIpc) is 3.14. The quantitative estimate of drug-likeness (QED) is 0.856. The molecule has 1 saturated carbocycles. The summed E-state index contributed by atoms with van der Waals surface area (Å²) in [4.78, 5) is 31.9. The number of hydrogen-bond acceptors (Lipinski definition) is 3. The third kappa shape index (κ3) is 5.08. The topological polar surface area (TPSA) is 62.3 Å². The van der Waals surface area contributed by atoms with E-state index < -0.39 is 0 Å². The van der Waals surface area contributed by atoms with Crippen molar-refractivity contribution in [2.45, 2.75) is 77.7 Å². The van der Waals surface area contributed by atoms with E-state index in [1.165, 1.54) is 12.8 Å². The Labute approximate surface area is 162 Å². The van der Waals surface area contributed by atoms with E-state index >= 15 is 0 Å². The van der Waals surface area contributed by atoms with Crippen molar-refractivity contribution < 1.29 is 9.59 Å². The third-order valence-corrected chi connectivity index (χ3v) is 5.82. The Bertz CT molecular complexity index is 672. The molecule has 148 valence electrons. The predicted octanol–water partition coefficient (Wildman–Crippen LogP) is 3.81. The molecule has 0 bridgehead atoms. The summed E-state index contributed by atoms with van der Waals surface area (Å²) < 4.78 is 0. The van der Waals surface area contributed by atoms with Crippen LogP contribution in [0.25, 0.3) is 0 Å². The first-order valence-electron chi connectivity index (χ1n) is 10.5. The number of nitrogens with one attached hydrogen (secondary N) is 1. The van der Waals surface area contributed by atoms with Crippen LogP contribution in [0, 0.1) is 12.8 Å². The highest BCUT2D eigenvalue weighted by Crippen LogP contribution is 2.30. The van der Waals surface area contributed by atoms with Crippen LogP contribution in [0.15, 0.2) is 12.1 Å². The van der Waals surface area contributed by atoms with Crippen LogP contribution in [0.2, 0.25) is 0 Å². The number of carbonyl (C=O) groups is 2. The number of hydrogen-bond donors (Lipinski definition) is 1. The van der Waals surface area contributed by atoms with Gasteiger partial charge in [-0.2, -0.15) is 0 Å². The van der Waals surface area contributed by atoms with Crippen molar-refractivity contribution in [1.82, 2.24) is 15.2 Å². The lowest BCUT2D eigenvalue weighted by Gasteiger charge is -2.33. The van der Waals surface area contributed by atoms with Gasteiger partial charge in [0.2, 0.25) is 5.91 Å². The maximum Gasteiger partial charge on any atom is 0.253 e. The molecule has 0 radical (unpaired) electrons. The number of aromatic nitrogens is 1. The second-order valence-corrected chi connectivity index (χ2v) is 8.59. The van der Waals surface area contributed by atoms with Crippen LogP contribution < -0.4 is 5.32 Å². The minimum Gasteiger partial charge on any atom is -0.349 e. The Morgan fingerprint density at radius 1 is 1.15 bits per heavy atom. The van der Waals surface area contributed by atoms with Crippen molar-refractivity contribution in [3.8, 4) is 0 Å². The zero-order valence-corrected chi connectivity index (χ0v) is 17.0. The number of aryl methyl sites for hydroxylation is 1. The second kappa shape index (κ2) is 8.85. The molecule has 0 aromatic carbocycles. The highest BCUT2D eigenvalue weighted by molar-refractivity contribution is 5.95. The fraction of sp³-hybridized carbons (Fsp3) is 0.682. The van der Waals surface area contributed by atoms with Crippen LogP contribution in [0.4, 0.5) is 0 Å². The van der Waals surface area contributed by atoms with Crippen LogP contribution >= 0.6 is 0 Å². The molecule has 1 saturated heterocycles. The molecule has 1 aromatic rings. The largest absolute Gasteiger partial charge is 0.349 e. The average molecular weight is 372 g/mol. The number of carbonyl (C=O) groups excluding carboxylic acids is 2. The van der Waals surface area contributed by atoms with E-state index in [-0.39, 0.29) is 17.7 Å². The van der Waals surface area contributed by atoms with E-state index in [0.717, 1.165) is 55.7 Å². The second-order valence-electron chi connectivity index (χ2n) is 8.59. The molecule has 5 nitrogen and oxygen atoms in total. The smallest absolute Gasteiger partial charge is 0.253 e. The minimum absolute atomic E-state index is 0.0164. The van der Waals surface area contributed by atoms with Crippen LogP contribution in [0.3, 0.4) is 0 Å². The Hall–Kier alpha value is -1.91. The molecular weight excluding hydrogens is 338 g/mol. The zero-order valence-electron chi connectivity index (χ0n) is 17.0. The molecule has 1 aliphatic carbocycles. The summed E-state index contributed by atoms with van der Waals surface area (Å²) in [6, 6.07) is 4.16. The first-order valence-corrected chi connectivity index (χ1v) is 10.5. The van der Waals surface area contributed by atoms with E-state index in [2.05, 4.69) is 19.2 Å². The maximum absolute atomic E-state index is 12.9. The van der Waals surface area contributed by atoms with Crippen molar-refractivity contribution in [2.75, 3.05) is 13.1 Å². The lowest BCUT2D eigenvalue weighted by molar-refractivity contribution is -0.133. The fourth-order valence-corrected chi connectivity index (χ4v) is 4.29. The van der Waals surface area contributed by atoms with Gasteiger partial charge >= 0.3 is 0 Å². The number of likely N-dealkylation sites (tertiary alicyclic amines) is 1. The van der Waals surface area contributed by atoms with E-state index in [9.17, 15) is 9.59 Å². The van der Waals surface area contributed by atoms with E-state index in [1.54, 1.807) is 0 Å². The zero-order chi connectivity index (χ0) is 19.4. The van der Waals surface area contributed by atoms with Crippen LogP contribution in [0.5, 0.6) is 0 Å². The number of amides is 2. The molecule has 1 N–H and O–H groups in total. The molecule has 0 spiro atoms. The number of pyridine rings is 1. The van der Waals surface area contributed by atoms with Crippen molar-refractivity contribution in [1.29, 1.82) is 0 Å². The molecule has 27 heavy (non-hydrogen) atoms. The minimum atomic E-state index is 0.0164. The fourth-order valence-electron chi connectivity index (χ4n) is 4.29. The van der Waals surface area contributed by atoms with E-state index in [1.807, 2.05) is 24.0 Å². The van der Waals surface area contributed by atoms with Gasteiger partial charge in [-0.15, -0.1) is 0 Å². The van der Waals surface area contributed by atoms with Gasteiger partial charge in [0.25, 0.3) is 5.91 Å². The van der Waals surface area contributed by atoms with Gasteiger partial charge in [-0.1, -0.05) is 26.7 Å². The van der Waals surface area contributed by atoms with Gasteiger partial charge in [0.05, 0.1) is 11.3 Å². The lowest BCUT2D eigenvalue weighted by Crippen LogP contribution is -2.39. The summed E-state index contributed by atoms with van der Waals surface area (Å²) >= 11 is 0. The van der Waals surface area contributed by atoms with Gasteiger partial charge in [0.15, 0.2) is 0 Å². The van der Waals surface area contributed by atoms with Crippen molar-refractivity contribution >= 4 is 11.8 Å². The SMILES string of the molecule is Cc1ccc(C(=O)NC2CCCC2)c(C2CCN(C(=O)CC(C)C)CC2)n1. The summed E-state index contributed by atoms with van der Waals surface area (Å²) in [5.41, 5.74) is 2.58. The first kappa shape index (κ1) is 19.8. The van der Waals surface area contributed by atoms with E-state index in [4.69, 9.17) is 4.98 Å². The highest BCUT2D eigenvalue weighted by Gasteiger charge is 2.29. The van der Waals surface area contributed by atoms with Gasteiger partial charge in [-0.3, -0.25) is 14.6 Å². The highest BCUT2D eigenvalue weighted by atomic mass is 16.2. The molecule has 0 unspecified atom stereocenters. The first-order chi connectivity index (χ1) is 12.9. The van der Waals surface area contributed by atoms with Crippen molar-refractivity contribution in [3.63, 3.8) is 0 Å². The molecule has 5 heteroatoms. The molecule has 1 aromatic heterocycles. The molecular formula is C22H33N3O2. The van der Waals surface area contributed by atoms with Gasteiger partial charge in [0, 0.05) is 37.2 Å². The number of piperidine rings is 1. The van der Waals surface area contributed by atoms with Gasteiger partial charge in [-0.05, 0) is 50.7 Å². The Morgan fingerprint density at radius 3 is 2.44 bits per heavy atom. The molecule has 1 aliphatic heterocycles. The van der Waals surface area contributed by atoms with Gasteiger partial charge in [-0.25, -0.2) is 0 Å². The predicted molar refractivity (Wildman–Crippen MR) is 107 cm³/mol. The van der Waals surface area contributed by atoms with Crippen LogP contribution in [-0.2, 0) is 4.79 Å². The molecule has 3 rings (SSSR count). The molecule has 2 fully saturated rings. The molecule has 0 atom stereocenters. The number of nitrogens with zero attached hydrogens (tertiary/aromatic N) is 2. The standard InChI is InChI=1S/C22H33N3O2/c1-15(2)14-20(26)25-12-10-17(11-13-25)21-19(9-8-16(3)23-21)22(27)24-18-6-4-5-7-18/h8-9,15,17-18H,4-7,10-14H2,1-3H3,(H,24,27). The lowest BCUT2D eigenvalue weighted by atomic mass is 9.89. The summed E-state index contributed by atoms with van der Waals surface area (Å²) in [6.45, 7) is 7.65. The number of rotatable bonds is 5. The molecule has 2 aliphatic rings. The van der Waals surface area contributed by atoms with Crippen molar-refractivity contribution in [2.24, 2.45) is 5.92 Å². The molecule has 2 amide bonds. The van der Waals surface area contributed by atoms with Crippen LogP contribution in [0.1, 0.15) is 86.5 Å². The summed E-state index contributed by atoms with van der Waals surface area (Å²) in [5, 5.41) is 3.20. The Morgan fingerprint density at radius 2 is 1.81 bits per heavy atom. The monoisotopic (exact) mass is 371 g/mol. The summed E-state index contributed by atoms with van der Waals surface area (Å²) in [7, 11) is 0. The van der Waals surface area contributed by atoms with Crippen molar-refractivity contribution in [3.05, 3.63) is 29.1 Å². The summed E-state index contributed by atoms with van der Waals surface area (Å²) in [6.07, 6.45) is 6.93. The molecule has 2 heterocycles. The maximum atomic E-state index is 12.9.